The summed E-state index contributed by atoms with van der Waals surface area (Å²) in [6.07, 6.45) is 0.359. The predicted octanol–water partition coefficient (Wildman–Crippen LogP) is 4.23. The van der Waals surface area contributed by atoms with Crippen LogP contribution >= 0.6 is 0 Å². The highest BCUT2D eigenvalue weighted by Crippen LogP contribution is 2.36. The third kappa shape index (κ3) is 7.38. The lowest BCUT2D eigenvalue weighted by atomic mass is 10.1. The molecule has 9 nitrogen and oxygen atoms in total. The second kappa shape index (κ2) is 13.5. The average Bonchev–Trinajstić information content (AvgIpc) is 2.99. The molecule has 0 saturated carbocycles. The van der Waals surface area contributed by atoms with Crippen molar-refractivity contribution in [3.8, 4) is 11.5 Å². The zero-order valence-corrected chi connectivity index (χ0v) is 24.5. The Bertz CT molecular complexity index is 1430. The van der Waals surface area contributed by atoms with Gasteiger partial charge in [-0.2, -0.15) is 0 Å². The Labute approximate surface area is 242 Å². The Morgan fingerprint density at radius 3 is 2.17 bits per heavy atom. The van der Waals surface area contributed by atoms with Gasteiger partial charge in [0, 0.05) is 19.2 Å². The van der Waals surface area contributed by atoms with Gasteiger partial charge in [0.25, 0.3) is 10.0 Å². The zero-order chi connectivity index (χ0) is 29.4. The zero-order valence-electron chi connectivity index (χ0n) is 23.7. The van der Waals surface area contributed by atoms with Crippen molar-refractivity contribution in [1.29, 1.82) is 0 Å². The maximum atomic E-state index is 14.1. The molecule has 1 unspecified atom stereocenters. The molecule has 0 bridgehead atoms. The summed E-state index contributed by atoms with van der Waals surface area (Å²) in [7, 11) is -4.17. The van der Waals surface area contributed by atoms with E-state index in [4.69, 9.17) is 9.47 Å². The van der Waals surface area contributed by atoms with E-state index in [9.17, 15) is 18.0 Å². The standard InChI is InChI=1S/C31H37N3O6S/c1-4-27(31(36)32-20-23(2)3)33(21-24-11-7-5-8-12-24)30(35)22-34(41(37,38)26-13-9-6-10-14-26)25-15-16-28-29(19-25)40-18-17-39-28/h5-16,19,23,27H,4,17-18,20-22H2,1-3H3,(H,32,36). The van der Waals surface area contributed by atoms with Crippen LogP contribution in [0.25, 0.3) is 0 Å². The molecule has 0 aliphatic carbocycles. The lowest BCUT2D eigenvalue weighted by Gasteiger charge is -2.33. The second-order valence-corrected chi connectivity index (χ2v) is 12.1. The molecular formula is C31H37N3O6S. The number of carbonyl (C=O) groups excluding carboxylic acids is 2. The Morgan fingerprint density at radius 2 is 1.54 bits per heavy atom. The van der Waals surface area contributed by atoms with E-state index in [1.165, 1.54) is 17.0 Å². The van der Waals surface area contributed by atoms with Gasteiger partial charge < -0.3 is 19.7 Å². The van der Waals surface area contributed by atoms with Crippen molar-refractivity contribution in [3.63, 3.8) is 0 Å². The van der Waals surface area contributed by atoms with Gasteiger partial charge in [0.2, 0.25) is 11.8 Å². The van der Waals surface area contributed by atoms with Gasteiger partial charge in [-0.1, -0.05) is 69.3 Å². The van der Waals surface area contributed by atoms with Crippen LogP contribution in [-0.2, 0) is 26.2 Å². The lowest BCUT2D eigenvalue weighted by molar-refractivity contribution is -0.140. The van der Waals surface area contributed by atoms with Gasteiger partial charge in [0.05, 0.1) is 10.6 Å². The average molecular weight is 580 g/mol. The second-order valence-electron chi connectivity index (χ2n) is 10.2. The van der Waals surface area contributed by atoms with E-state index in [0.29, 0.717) is 37.7 Å². The molecule has 0 saturated heterocycles. The maximum Gasteiger partial charge on any atom is 0.264 e. The van der Waals surface area contributed by atoms with Crippen LogP contribution in [-0.4, -0.2) is 57.5 Å². The number of anilines is 1. The van der Waals surface area contributed by atoms with E-state index < -0.39 is 28.5 Å². The summed E-state index contributed by atoms with van der Waals surface area (Å²) < 4.78 is 40.3. The van der Waals surface area contributed by atoms with Crippen molar-refractivity contribution in [2.45, 2.75) is 44.7 Å². The Hall–Kier alpha value is -4.05. The molecule has 0 spiro atoms. The number of hydrogen-bond donors (Lipinski definition) is 1. The van der Waals surface area contributed by atoms with Crippen LogP contribution < -0.4 is 19.1 Å². The number of sulfonamides is 1. The number of nitrogens with zero attached hydrogens (tertiary/aromatic N) is 2. The molecule has 218 valence electrons. The fourth-order valence-corrected chi connectivity index (χ4v) is 5.98. The Balaban J connectivity index is 1.73. The van der Waals surface area contributed by atoms with Gasteiger partial charge in [-0.3, -0.25) is 13.9 Å². The number of carbonyl (C=O) groups is 2. The molecule has 3 aromatic carbocycles. The van der Waals surface area contributed by atoms with Crippen LogP contribution in [0.15, 0.2) is 83.8 Å². The summed E-state index contributed by atoms with van der Waals surface area (Å²) in [5, 5.41) is 2.93. The molecule has 2 amide bonds. The van der Waals surface area contributed by atoms with Crippen molar-refractivity contribution < 1.29 is 27.5 Å². The van der Waals surface area contributed by atoms with E-state index in [1.807, 2.05) is 51.1 Å². The first-order chi connectivity index (χ1) is 19.7. The van der Waals surface area contributed by atoms with Crippen LogP contribution in [0.5, 0.6) is 11.5 Å². The Kier molecular flexibility index (Phi) is 9.88. The predicted molar refractivity (Wildman–Crippen MR) is 157 cm³/mol. The molecule has 0 aromatic heterocycles. The molecule has 41 heavy (non-hydrogen) atoms. The fraction of sp³-hybridized carbons (Fsp3) is 0.355. The molecule has 1 heterocycles. The quantitative estimate of drug-likeness (QED) is 0.344. The molecule has 0 fully saturated rings. The van der Waals surface area contributed by atoms with Crippen molar-refractivity contribution in [2.24, 2.45) is 5.92 Å². The molecule has 1 aliphatic rings. The third-order valence-electron chi connectivity index (χ3n) is 6.69. The van der Waals surface area contributed by atoms with Gasteiger partial charge in [-0.05, 0) is 42.2 Å². The monoisotopic (exact) mass is 579 g/mol. The summed E-state index contributed by atoms with van der Waals surface area (Å²) in [4.78, 5) is 28.9. The van der Waals surface area contributed by atoms with E-state index in [1.54, 1.807) is 36.4 Å². The molecule has 1 atom stereocenters. The first-order valence-corrected chi connectivity index (χ1v) is 15.2. The van der Waals surface area contributed by atoms with Gasteiger partial charge >= 0.3 is 0 Å². The number of amides is 2. The number of nitrogens with one attached hydrogen (secondary N) is 1. The minimum atomic E-state index is -4.17. The van der Waals surface area contributed by atoms with E-state index in [0.717, 1.165) is 9.87 Å². The van der Waals surface area contributed by atoms with Crippen LogP contribution in [0.2, 0.25) is 0 Å². The molecule has 3 aromatic rings. The number of rotatable bonds is 12. The van der Waals surface area contributed by atoms with Crippen molar-refractivity contribution in [2.75, 3.05) is 30.6 Å². The van der Waals surface area contributed by atoms with Crippen LogP contribution in [0.4, 0.5) is 5.69 Å². The molecule has 1 N–H and O–H groups in total. The number of fused-ring (bicyclic) bond motifs is 1. The minimum Gasteiger partial charge on any atom is -0.486 e. The highest BCUT2D eigenvalue weighted by Gasteiger charge is 2.34. The van der Waals surface area contributed by atoms with Crippen molar-refractivity contribution in [1.82, 2.24) is 10.2 Å². The highest BCUT2D eigenvalue weighted by molar-refractivity contribution is 7.92. The summed E-state index contributed by atoms with van der Waals surface area (Å²) in [6, 6.07) is 21.3. The molecule has 0 radical (unpaired) electrons. The van der Waals surface area contributed by atoms with E-state index in [2.05, 4.69) is 5.32 Å². The largest absolute Gasteiger partial charge is 0.486 e. The smallest absolute Gasteiger partial charge is 0.264 e. The summed E-state index contributed by atoms with van der Waals surface area (Å²) in [5.41, 5.74) is 1.08. The lowest BCUT2D eigenvalue weighted by Crippen LogP contribution is -2.52. The summed E-state index contributed by atoms with van der Waals surface area (Å²) >= 11 is 0. The number of hydrogen-bond acceptors (Lipinski definition) is 6. The van der Waals surface area contributed by atoms with Crippen LogP contribution in [0.3, 0.4) is 0 Å². The van der Waals surface area contributed by atoms with E-state index in [-0.39, 0.29) is 29.0 Å². The Morgan fingerprint density at radius 1 is 0.902 bits per heavy atom. The highest BCUT2D eigenvalue weighted by atomic mass is 32.2. The number of ether oxygens (including phenoxy) is 2. The van der Waals surface area contributed by atoms with Gasteiger partial charge in [-0.15, -0.1) is 0 Å². The topological polar surface area (TPSA) is 105 Å². The fourth-order valence-electron chi connectivity index (χ4n) is 4.56. The molecule has 1 aliphatic heterocycles. The summed E-state index contributed by atoms with van der Waals surface area (Å²) in [6.45, 7) is 6.64. The third-order valence-corrected chi connectivity index (χ3v) is 8.48. The molecule has 4 rings (SSSR count). The first-order valence-electron chi connectivity index (χ1n) is 13.8. The normalized spacial score (nSPS) is 13.4. The van der Waals surface area contributed by atoms with Gasteiger partial charge in [0.15, 0.2) is 11.5 Å². The minimum absolute atomic E-state index is 0.0408. The molecule has 10 heteroatoms. The van der Waals surface area contributed by atoms with Crippen LogP contribution in [0, 0.1) is 5.92 Å². The first kappa shape index (κ1) is 29.9. The van der Waals surface area contributed by atoms with E-state index >= 15 is 0 Å². The van der Waals surface area contributed by atoms with Gasteiger partial charge in [-0.25, -0.2) is 8.42 Å². The van der Waals surface area contributed by atoms with Crippen LogP contribution in [0.1, 0.15) is 32.8 Å². The molecular weight excluding hydrogens is 542 g/mol. The summed E-state index contributed by atoms with van der Waals surface area (Å²) in [5.74, 6) is 0.352. The maximum absolute atomic E-state index is 14.1. The SMILES string of the molecule is CCC(C(=O)NCC(C)C)N(Cc1ccccc1)C(=O)CN(c1ccc2c(c1)OCCO2)S(=O)(=O)c1ccccc1. The van der Waals surface area contributed by atoms with Crippen molar-refractivity contribution in [3.05, 3.63) is 84.4 Å². The van der Waals surface area contributed by atoms with Crippen molar-refractivity contribution >= 4 is 27.5 Å². The number of benzene rings is 3. The van der Waals surface area contributed by atoms with Gasteiger partial charge in [0.1, 0.15) is 25.8 Å².